The zero-order valence-electron chi connectivity index (χ0n) is 16.3. The Hall–Kier alpha value is -3.40. The first-order valence-corrected chi connectivity index (χ1v) is 10.5. The fraction of sp³-hybridized carbons (Fsp3) is 0. The number of aliphatic imine (C=N–C) groups is 1. The lowest BCUT2D eigenvalue weighted by Crippen LogP contribution is -2.32. The second-order valence-corrected chi connectivity index (χ2v) is 7.97. The van der Waals surface area contributed by atoms with Gasteiger partial charge in [0.2, 0.25) is 0 Å². The maximum absolute atomic E-state index is 13.5. The van der Waals surface area contributed by atoms with E-state index in [1.807, 2.05) is 66.7 Å². The molecule has 5 rings (SSSR count). The van der Waals surface area contributed by atoms with E-state index in [4.69, 9.17) is 28.2 Å². The summed E-state index contributed by atoms with van der Waals surface area (Å²) in [4.78, 5) is 19.8. The summed E-state index contributed by atoms with van der Waals surface area (Å²) < 4.78 is 0. The van der Waals surface area contributed by atoms with Gasteiger partial charge in [0.1, 0.15) is 11.5 Å². The van der Waals surface area contributed by atoms with E-state index in [0.29, 0.717) is 32.8 Å². The van der Waals surface area contributed by atoms with Crippen LogP contribution in [0.1, 0.15) is 11.1 Å². The Morgan fingerprint density at radius 1 is 0.774 bits per heavy atom. The van der Waals surface area contributed by atoms with Crippen molar-refractivity contribution >= 4 is 57.5 Å². The van der Waals surface area contributed by atoms with Gasteiger partial charge in [-0.2, -0.15) is 0 Å². The number of nitrogens with zero attached hydrogens (tertiary/aromatic N) is 2. The van der Waals surface area contributed by atoms with E-state index in [1.165, 1.54) is 0 Å². The number of carbonyl (C=O) groups is 1. The van der Waals surface area contributed by atoms with E-state index < -0.39 is 0 Å². The van der Waals surface area contributed by atoms with Crippen molar-refractivity contribution in [2.24, 2.45) is 4.99 Å². The van der Waals surface area contributed by atoms with Crippen molar-refractivity contribution < 1.29 is 4.79 Å². The van der Waals surface area contributed by atoms with E-state index in [0.717, 1.165) is 16.3 Å². The van der Waals surface area contributed by atoms with Crippen LogP contribution in [0.25, 0.3) is 16.8 Å². The molecule has 1 aliphatic heterocycles. The molecule has 0 bridgehead atoms. The van der Waals surface area contributed by atoms with Gasteiger partial charge in [-0.05, 0) is 58.8 Å². The zero-order chi connectivity index (χ0) is 21.4. The number of rotatable bonds is 3. The van der Waals surface area contributed by atoms with Gasteiger partial charge >= 0.3 is 0 Å². The lowest BCUT2D eigenvalue weighted by molar-refractivity contribution is -0.113. The normalized spacial score (nSPS) is 15.0. The van der Waals surface area contributed by atoms with Crippen molar-refractivity contribution in [1.82, 2.24) is 0 Å². The van der Waals surface area contributed by atoms with Crippen LogP contribution in [0.3, 0.4) is 0 Å². The Morgan fingerprint density at radius 3 is 2.29 bits per heavy atom. The third kappa shape index (κ3) is 3.63. The Labute approximate surface area is 189 Å². The van der Waals surface area contributed by atoms with Crippen LogP contribution in [0.5, 0.6) is 0 Å². The molecule has 4 aromatic rings. The number of anilines is 1. The first-order valence-electron chi connectivity index (χ1n) is 9.75. The fourth-order valence-corrected chi connectivity index (χ4v) is 4.04. The van der Waals surface area contributed by atoms with Gasteiger partial charge in [-0.1, -0.05) is 77.8 Å². The van der Waals surface area contributed by atoms with Crippen molar-refractivity contribution in [2.45, 2.75) is 0 Å². The van der Waals surface area contributed by atoms with Crippen LogP contribution in [0.2, 0.25) is 10.0 Å². The molecule has 0 saturated carbocycles. The average molecular weight is 443 g/mol. The number of fused-ring (bicyclic) bond motifs is 1. The van der Waals surface area contributed by atoms with Crippen LogP contribution < -0.4 is 4.90 Å². The molecule has 0 N–H and O–H groups in total. The van der Waals surface area contributed by atoms with E-state index in [1.54, 1.807) is 35.2 Å². The number of carbonyl (C=O) groups excluding carboxylic acids is 1. The van der Waals surface area contributed by atoms with Crippen LogP contribution in [0, 0.1) is 0 Å². The maximum Gasteiger partial charge on any atom is 0.282 e. The summed E-state index contributed by atoms with van der Waals surface area (Å²) in [6.07, 6.45) is 1.83. The number of hydrogen-bond donors (Lipinski definition) is 0. The van der Waals surface area contributed by atoms with Crippen LogP contribution >= 0.6 is 23.2 Å². The summed E-state index contributed by atoms with van der Waals surface area (Å²) in [5, 5.41) is 3.29. The van der Waals surface area contributed by atoms with Gasteiger partial charge in [-0.25, -0.2) is 4.99 Å². The van der Waals surface area contributed by atoms with Crippen molar-refractivity contribution in [3.8, 4) is 0 Å². The monoisotopic (exact) mass is 442 g/mol. The molecule has 0 fully saturated rings. The maximum atomic E-state index is 13.5. The fourth-order valence-electron chi connectivity index (χ4n) is 3.69. The van der Waals surface area contributed by atoms with Gasteiger partial charge in [0, 0.05) is 10.6 Å². The van der Waals surface area contributed by atoms with Gasteiger partial charge in [0.25, 0.3) is 5.91 Å². The summed E-state index contributed by atoms with van der Waals surface area (Å²) >= 11 is 12.5. The number of benzene rings is 4. The summed E-state index contributed by atoms with van der Waals surface area (Å²) in [6, 6.07) is 28.5. The van der Waals surface area contributed by atoms with Crippen molar-refractivity contribution in [1.29, 1.82) is 0 Å². The zero-order valence-corrected chi connectivity index (χ0v) is 17.8. The molecule has 0 atom stereocenters. The van der Waals surface area contributed by atoms with Crippen LogP contribution in [-0.4, -0.2) is 11.7 Å². The molecule has 0 aliphatic carbocycles. The third-order valence-corrected chi connectivity index (χ3v) is 5.76. The lowest BCUT2D eigenvalue weighted by Gasteiger charge is -2.19. The SMILES string of the molecule is O=C1/C(=C\c2cccc3ccccc23)N=C(c2ccccc2Cl)N1c1ccc(Cl)cc1. The van der Waals surface area contributed by atoms with Gasteiger partial charge in [0.15, 0.2) is 0 Å². The van der Waals surface area contributed by atoms with Gasteiger partial charge in [-0.15, -0.1) is 0 Å². The van der Waals surface area contributed by atoms with Crippen molar-refractivity contribution in [3.05, 3.63) is 118 Å². The number of amidine groups is 1. The minimum atomic E-state index is -0.217. The largest absolute Gasteiger partial charge is 0.282 e. The Morgan fingerprint density at radius 2 is 1.48 bits per heavy atom. The molecular formula is C26H16Cl2N2O. The molecule has 4 aromatic carbocycles. The van der Waals surface area contributed by atoms with Gasteiger partial charge < -0.3 is 0 Å². The first-order chi connectivity index (χ1) is 15.1. The number of amides is 1. The molecule has 1 heterocycles. The van der Waals surface area contributed by atoms with Crippen LogP contribution in [0.4, 0.5) is 5.69 Å². The van der Waals surface area contributed by atoms with E-state index in [2.05, 4.69) is 0 Å². The lowest BCUT2D eigenvalue weighted by atomic mass is 10.0. The summed E-state index contributed by atoms with van der Waals surface area (Å²) in [7, 11) is 0. The standard InChI is InChI=1S/C26H16Cl2N2O/c27-19-12-14-20(15-13-19)30-25(22-10-3-4-11-23(22)28)29-24(26(30)31)16-18-8-5-7-17-6-1-2-9-21(17)18/h1-16H/b24-16+. The molecule has 150 valence electrons. The summed E-state index contributed by atoms with van der Waals surface area (Å²) in [6.45, 7) is 0. The smallest absolute Gasteiger partial charge is 0.266 e. The number of halogens is 2. The van der Waals surface area contributed by atoms with E-state index >= 15 is 0 Å². The molecule has 3 nitrogen and oxygen atoms in total. The molecule has 1 amide bonds. The molecule has 1 aliphatic rings. The van der Waals surface area contributed by atoms with Gasteiger partial charge in [0.05, 0.1) is 10.7 Å². The third-order valence-electron chi connectivity index (χ3n) is 5.18. The Kier molecular flexibility index (Phi) is 5.06. The van der Waals surface area contributed by atoms with Gasteiger partial charge in [-0.3, -0.25) is 9.69 Å². The number of hydrogen-bond acceptors (Lipinski definition) is 2. The molecule has 0 spiro atoms. The van der Waals surface area contributed by atoms with Crippen molar-refractivity contribution in [2.75, 3.05) is 4.90 Å². The van der Waals surface area contributed by atoms with E-state index in [9.17, 15) is 4.79 Å². The highest BCUT2D eigenvalue weighted by atomic mass is 35.5. The molecule has 0 radical (unpaired) electrons. The predicted octanol–water partition coefficient (Wildman–Crippen LogP) is 6.98. The molecule has 31 heavy (non-hydrogen) atoms. The molecule has 0 unspecified atom stereocenters. The minimum absolute atomic E-state index is 0.217. The second-order valence-electron chi connectivity index (χ2n) is 7.13. The topological polar surface area (TPSA) is 32.7 Å². The van der Waals surface area contributed by atoms with E-state index in [-0.39, 0.29) is 5.91 Å². The molecule has 0 saturated heterocycles. The highest BCUT2D eigenvalue weighted by molar-refractivity contribution is 6.39. The van der Waals surface area contributed by atoms with Crippen LogP contribution in [-0.2, 0) is 4.79 Å². The molecule has 5 heteroatoms. The minimum Gasteiger partial charge on any atom is -0.266 e. The second kappa shape index (κ2) is 8.03. The van der Waals surface area contributed by atoms with Crippen LogP contribution in [0.15, 0.2) is 102 Å². The highest BCUT2D eigenvalue weighted by Crippen LogP contribution is 2.32. The average Bonchev–Trinajstić information content (AvgIpc) is 3.11. The Bertz CT molecular complexity index is 1370. The van der Waals surface area contributed by atoms with Crippen molar-refractivity contribution in [3.63, 3.8) is 0 Å². The molecular weight excluding hydrogens is 427 g/mol. The summed E-state index contributed by atoms with van der Waals surface area (Å²) in [5.74, 6) is 0.273. The Balaban J connectivity index is 1.68. The first kappa shape index (κ1) is 19.6. The predicted molar refractivity (Wildman–Crippen MR) is 129 cm³/mol. The summed E-state index contributed by atoms with van der Waals surface area (Å²) in [5.41, 5.74) is 2.64. The highest BCUT2D eigenvalue weighted by Gasteiger charge is 2.33. The molecule has 0 aromatic heterocycles. The quantitative estimate of drug-likeness (QED) is 0.315.